The predicted octanol–water partition coefficient (Wildman–Crippen LogP) is 3.06. The summed E-state index contributed by atoms with van der Waals surface area (Å²) in [5.41, 5.74) is 2.54. The molecule has 0 aliphatic heterocycles. The number of hydrogen-bond acceptors (Lipinski definition) is 8. The van der Waals surface area contributed by atoms with Crippen molar-refractivity contribution in [2.24, 2.45) is 7.05 Å². The van der Waals surface area contributed by atoms with Gasteiger partial charge in [0.15, 0.2) is 0 Å². The summed E-state index contributed by atoms with van der Waals surface area (Å²) >= 11 is 6.33. The molecule has 0 radical (unpaired) electrons. The van der Waals surface area contributed by atoms with Gasteiger partial charge in [0.2, 0.25) is 0 Å². The van der Waals surface area contributed by atoms with Gasteiger partial charge in [-0.3, -0.25) is 9.78 Å². The van der Waals surface area contributed by atoms with E-state index in [-0.39, 0.29) is 25.0 Å². The number of aromatic nitrogens is 7. The van der Waals surface area contributed by atoms with Crippen LogP contribution in [0.25, 0.3) is 17.0 Å². The lowest BCUT2D eigenvalue weighted by molar-refractivity contribution is -0.143. The number of unbranched alkanes of at least 4 members (excludes halogenated alkanes) is 1. The number of carbonyl (C=O) groups is 1. The quantitative estimate of drug-likeness (QED) is 0.280. The number of halogens is 1. The highest BCUT2D eigenvalue weighted by atomic mass is 35.5. The maximum atomic E-state index is 12.0. The number of benzene rings is 1. The Morgan fingerprint density at radius 1 is 1.12 bits per heavy atom. The van der Waals surface area contributed by atoms with Gasteiger partial charge >= 0.3 is 12.0 Å². The molecule has 3 aromatic heterocycles. The third-order valence-electron chi connectivity index (χ3n) is 4.70. The van der Waals surface area contributed by atoms with Gasteiger partial charge < -0.3 is 9.47 Å². The van der Waals surface area contributed by atoms with E-state index in [0.29, 0.717) is 40.0 Å². The fraction of sp³-hybridized carbons (Fsp3) is 0.333. The SMILES string of the molecule is CCCCOC(=O)Cc1cccc(COc2nc3c(Cl)cccc3n2-c2nnnn2C)n1. The van der Waals surface area contributed by atoms with Crippen molar-refractivity contribution in [2.75, 3.05) is 6.61 Å². The van der Waals surface area contributed by atoms with E-state index < -0.39 is 0 Å². The van der Waals surface area contributed by atoms with Crippen LogP contribution in [-0.4, -0.2) is 47.3 Å². The number of pyridine rings is 1. The first kappa shape index (κ1) is 21.7. The van der Waals surface area contributed by atoms with Crippen LogP contribution in [0.15, 0.2) is 36.4 Å². The highest BCUT2D eigenvalue weighted by molar-refractivity contribution is 6.35. The highest BCUT2D eigenvalue weighted by Crippen LogP contribution is 2.29. The molecule has 166 valence electrons. The molecule has 4 aromatic rings. The summed E-state index contributed by atoms with van der Waals surface area (Å²) in [6.07, 6.45) is 1.92. The molecule has 0 saturated heterocycles. The largest absolute Gasteiger partial charge is 0.465 e. The number of para-hydroxylation sites is 1. The van der Waals surface area contributed by atoms with E-state index in [1.54, 1.807) is 23.7 Å². The van der Waals surface area contributed by atoms with Crippen LogP contribution in [0.1, 0.15) is 31.2 Å². The number of ether oxygens (including phenoxy) is 2. The Bertz CT molecular complexity index is 1240. The van der Waals surface area contributed by atoms with E-state index in [9.17, 15) is 4.79 Å². The molecule has 3 heterocycles. The molecule has 32 heavy (non-hydrogen) atoms. The third kappa shape index (κ3) is 4.70. The Morgan fingerprint density at radius 3 is 2.72 bits per heavy atom. The van der Waals surface area contributed by atoms with Crippen molar-refractivity contribution >= 4 is 28.6 Å². The minimum atomic E-state index is -0.296. The second-order valence-corrected chi connectivity index (χ2v) is 7.51. The van der Waals surface area contributed by atoms with E-state index in [0.717, 1.165) is 12.8 Å². The summed E-state index contributed by atoms with van der Waals surface area (Å²) in [4.78, 5) is 21.0. The Labute approximate surface area is 189 Å². The van der Waals surface area contributed by atoms with Crippen molar-refractivity contribution in [3.63, 3.8) is 0 Å². The van der Waals surface area contributed by atoms with Crippen LogP contribution in [0, 0.1) is 0 Å². The van der Waals surface area contributed by atoms with Crippen molar-refractivity contribution < 1.29 is 14.3 Å². The molecule has 0 unspecified atom stereocenters. The molecule has 10 nitrogen and oxygen atoms in total. The van der Waals surface area contributed by atoms with Gasteiger partial charge in [-0.15, -0.1) is 0 Å². The molecule has 0 spiro atoms. The molecule has 0 aliphatic rings. The van der Waals surface area contributed by atoms with Crippen molar-refractivity contribution in [1.29, 1.82) is 0 Å². The number of fused-ring (bicyclic) bond motifs is 1. The Balaban J connectivity index is 1.54. The fourth-order valence-electron chi connectivity index (χ4n) is 3.12. The van der Waals surface area contributed by atoms with Gasteiger partial charge in [0.05, 0.1) is 35.0 Å². The summed E-state index contributed by atoms with van der Waals surface area (Å²) in [6, 6.07) is 11.1. The summed E-state index contributed by atoms with van der Waals surface area (Å²) < 4.78 is 14.4. The molecule has 4 rings (SSSR count). The average Bonchev–Trinajstić information content (AvgIpc) is 3.36. The first-order valence-corrected chi connectivity index (χ1v) is 10.6. The van der Waals surface area contributed by atoms with Gasteiger partial charge in [0.1, 0.15) is 12.1 Å². The molecular weight excluding hydrogens is 434 g/mol. The molecule has 11 heteroatoms. The first-order chi connectivity index (χ1) is 15.6. The van der Waals surface area contributed by atoms with E-state index in [2.05, 4.69) is 25.5 Å². The number of imidazole rings is 1. The van der Waals surface area contributed by atoms with Crippen LogP contribution in [0.4, 0.5) is 0 Å². The molecule has 0 aliphatic carbocycles. The Hall–Kier alpha value is -3.53. The van der Waals surface area contributed by atoms with Crippen LogP contribution in [0.5, 0.6) is 6.01 Å². The van der Waals surface area contributed by atoms with E-state index >= 15 is 0 Å². The minimum Gasteiger partial charge on any atom is -0.465 e. The van der Waals surface area contributed by atoms with Crippen LogP contribution in [0.2, 0.25) is 5.02 Å². The van der Waals surface area contributed by atoms with Gasteiger partial charge in [-0.25, -0.2) is 9.25 Å². The second-order valence-electron chi connectivity index (χ2n) is 7.10. The maximum absolute atomic E-state index is 12.0. The Morgan fingerprint density at radius 2 is 1.94 bits per heavy atom. The highest BCUT2D eigenvalue weighted by Gasteiger charge is 2.20. The number of nitrogens with zero attached hydrogens (tertiary/aromatic N) is 7. The third-order valence-corrected chi connectivity index (χ3v) is 5.01. The molecule has 1 aromatic carbocycles. The average molecular weight is 456 g/mol. The first-order valence-electron chi connectivity index (χ1n) is 10.2. The maximum Gasteiger partial charge on any atom is 0.311 e. The fourth-order valence-corrected chi connectivity index (χ4v) is 3.34. The topological polar surface area (TPSA) is 110 Å². The molecular formula is C21H22ClN7O3. The molecule has 0 amide bonds. The zero-order valence-corrected chi connectivity index (χ0v) is 18.5. The molecule has 0 bridgehead atoms. The zero-order valence-electron chi connectivity index (χ0n) is 17.7. The van der Waals surface area contributed by atoms with Crippen molar-refractivity contribution in [1.82, 2.24) is 34.7 Å². The lowest BCUT2D eigenvalue weighted by atomic mass is 10.2. The second kappa shape index (κ2) is 9.73. The van der Waals surface area contributed by atoms with Crippen molar-refractivity contribution in [3.05, 3.63) is 52.8 Å². The summed E-state index contributed by atoms with van der Waals surface area (Å²) in [5.74, 6) is 0.136. The normalized spacial score (nSPS) is 11.1. The number of esters is 1. The van der Waals surface area contributed by atoms with Crippen LogP contribution < -0.4 is 4.74 Å². The van der Waals surface area contributed by atoms with Crippen LogP contribution in [-0.2, 0) is 29.6 Å². The van der Waals surface area contributed by atoms with E-state index in [1.807, 2.05) is 31.2 Å². The van der Waals surface area contributed by atoms with Crippen LogP contribution in [0.3, 0.4) is 0 Å². The van der Waals surface area contributed by atoms with Crippen molar-refractivity contribution in [2.45, 2.75) is 32.8 Å². The zero-order chi connectivity index (χ0) is 22.5. The summed E-state index contributed by atoms with van der Waals surface area (Å²) in [6.45, 7) is 2.60. The van der Waals surface area contributed by atoms with Gasteiger partial charge in [-0.1, -0.05) is 42.2 Å². The van der Waals surface area contributed by atoms with Crippen LogP contribution >= 0.6 is 11.6 Å². The monoisotopic (exact) mass is 455 g/mol. The Kier molecular flexibility index (Phi) is 6.60. The smallest absolute Gasteiger partial charge is 0.311 e. The molecule has 0 N–H and O–H groups in total. The number of rotatable bonds is 9. The molecule has 0 saturated carbocycles. The van der Waals surface area contributed by atoms with Gasteiger partial charge in [0, 0.05) is 7.05 Å². The standard InChI is InChI=1S/C21H22ClN7O3/c1-3-4-11-31-18(30)12-14-7-5-8-15(23-14)13-32-21-24-19-16(22)9-6-10-17(19)29(21)20-25-26-27-28(20)2/h5-10H,3-4,11-13H2,1-2H3. The van der Waals surface area contributed by atoms with Gasteiger partial charge in [-0.05, 0) is 41.1 Å². The lowest BCUT2D eigenvalue weighted by Gasteiger charge is -2.09. The summed E-state index contributed by atoms with van der Waals surface area (Å²) in [7, 11) is 1.72. The molecule has 0 fully saturated rings. The molecule has 0 atom stereocenters. The number of carbonyl (C=O) groups excluding carboxylic acids is 1. The number of hydrogen-bond donors (Lipinski definition) is 0. The number of tetrazole rings is 1. The van der Waals surface area contributed by atoms with E-state index in [4.69, 9.17) is 21.1 Å². The number of aryl methyl sites for hydroxylation is 1. The predicted molar refractivity (Wildman–Crippen MR) is 117 cm³/mol. The summed E-state index contributed by atoms with van der Waals surface area (Å²) in [5, 5.41) is 12.1. The van der Waals surface area contributed by atoms with E-state index in [1.165, 1.54) is 4.68 Å². The minimum absolute atomic E-state index is 0.107. The van der Waals surface area contributed by atoms with Gasteiger partial charge in [0.25, 0.3) is 5.95 Å². The van der Waals surface area contributed by atoms with Crippen molar-refractivity contribution in [3.8, 4) is 12.0 Å². The van der Waals surface area contributed by atoms with Gasteiger partial charge in [-0.2, -0.15) is 4.98 Å². The lowest BCUT2D eigenvalue weighted by Crippen LogP contribution is -2.11.